The van der Waals surface area contributed by atoms with Crippen LogP contribution in [0.25, 0.3) is 0 Å². The minimum Gasteiger partial charge on any atom is -0.252 e. The van der Waals surface area contributed by atoms with Crippen molar-refractivity contribution in [2.75, 3.05) is 13.1 Å². The highest BCUT2D eigenvalue weighted by atomic mass is 32.2. The third kappa shape index (κ3) is 3.73. The monoisotopic (exact) mass is 498 g/mol. The molecule has 0 unspecified atom stereocenters. The van der Waals surface area contributed by atoms with E-state index < -0.39 is 20.6 Å². The summed E-state index contributed by atoms with van der Waals surface area (Å²) in [7, 11) is -7.32. The summed E-state index contributed by atoms with van der Waals surface area (Å²) in [4.78, 5) is 0. The van der Waals surface area contributed by atoms with Gasteiger partial charge in [0.25, 0.3) is 0 Å². The van der Waals surface area contributed by atoms with Gasteiger partial charge in [0.15, 0.2) is 0 Å². The molecule has 4 atom stereocenters. The lowest BCUT2D eigenvalue weighted by Gasteiger charge is -2.17. The Morgan fingerprint density at radius 1 is 0.735 bits per heavy atom. The van der Waals surface area contributed by atoms with Gasteiger partial charge in [-0.15, -0.1) is 12.8 Å². The number of terminal acetylenes is 2. The maximum atomic E-state index is 11.8. The van der Waals surface area contributed by atoms with Gasteiger partial charge in [0.2, 0.25) is 0 Å². The van der Waals surface area contributed by atoms with Gasteiger partial charge in [-0.05, 0) is 22.3 Å². The van der Waals surface area contributed by atoms with Gasteiger partial charge in [-0.3, -0.25) is 8.37 Å². The van der Waals surface area contributed by atoms with Crippen molar-refractivity contribution in [2.24, 2.45) is 0 Å². The molecule has 0 bridgehead atoms. The molecular formula is C24H22N2O6S2. The summed E-state index contributed by atoms with van der Waals surface area (Å²) in [6.07, 6.45) is 11.0. The van der Waals surface area contributed by atoms with Crippen LogP contribution >= 0.6 is 0 Å². The number of hydrogen-bond donors (Lipinski definition) is 0. The Bertz CT molecular complexity index is 1310. The predicted molar refractivity (Wildman–Crippen MR) is 124 cm³/mol. The fraction of sp³-hybridized carbons (Fsp3) is 0.333. The fourth-order valence-corrected chi connectivity index (χ4v) is 7.88. The highest BCUT2D eigenvalue weighted by Gasteiger charge is 2.51. The highest BCUT2D eigenvalue weighted by molar-refractivity contribution is 7.84. The molecule has 0 amide bonds. The van der Waals surface area contributed by atoms with E-state index in [0.29, 0.717) is 12.8 Å². The quantitative estimate of drug-likeness (QED) is 0.586. The summed E-state index contributed by atoms with van der Waals surface area (Å²) in [6.45, 7) is 0.107. The Hall–Kier alpha value is -2.70. The molecule has 0 N–H and O–H groups in total. The molecule has 8 nitrogen and oxygen atoms in total. The van der Waals surface area contributed by atoms with Gasteiger partial charge in [0.05, 0.1) is 25.2 Å². The van der Waals surface area contributed by atoms with E-state index in [1.165, 1.54) is 8.61 Å². The highest BCUT2D eigenvalue weighted by Crippen LogP contribution is 2.45. The second kappa shape index (κ2) is 8.51. The van der Waals surface area contributed by atoms with Crippen LogP contribution in [0.1, 0.15) is 34.3 Å². The average molecular weight is 499 g/mol. The molecular weight excluding hydrogens is 476 g/mol. The molecule has 2 heterocycles. The minimum absolute atomic E-state index is 0.0534. The number of benzene rings is 2. The molecule has 2 fully saturated rings. The zero-order chi connectivity index (χ0) is 24.1. The second-order valence-corrected chi connectivity index (χ2v) is 11.4. The van der Waals surface area contributed by atoms with E-state index in [9.17, 15) is 16.8 Å². The first-order valence-electron chi connectivity index (χ1n) is 10.7. The van der Waals surface area contributed by atoms with Crippen molar-refractivity contribution in [1.82, 2.24) is 8.61 Å². The summed E-state index contributed by atoms with van der Waals surface area (Å²) in [6, 6.07) is 15.1. The smallest absolute Gasteiger partial charge is 0.252 e. The van der Waals surface area contributed by atoms with E-state index in [2.05, 4.69) is 11.8 Å². The molecule has 176 valence electrons. The maximum Gasteiger partial charge on any atom is 0.340 e. The minimum atomic E-state index is -3.66. The molecule has 0 saturated carbocycles. The first-order chi connectivity index (χ1) is 16.3. The van der Waals surface area contributed by atoms with Crippen LogP contribution in [0.3, 0.4) is 0 Å². The van der Waals surface area contributed by atoms with Crippen molar-refractivity contribution in [1.29, 1.82) is 0 Å². The molecule has 10 heteroatoms. The van der Waals surface area contributed by atoms with Gasteiger partial charge >= 0.3 is 20.6 Å². The zero-order valence-electron chi connectivity index (χ0n) is 18.1. The van der Waals surface area contributed by atoms with E-state index in [1.54, 1.807) is 0 Å². The molecule has 4 aliphatic rings. The fourth-order valence-electron chi connectivity index (χ4n) is 5.16. The lowest BCUT2D eigenvalue weighted by Crippen LogP contribution is -2.28. The topological polar surface area (TPSA) is 93.2 Å². The summed E-state index contributed by atoms with van der Waals surface area (Å²) in [5.74, 6) is 4.75. The lowest BCUT2D eigenvalue weighted by molar-refractivity contribution is 0.214. The first kappa shape index (κ1) is 23.1. The zero-order valence-corrected chi connectivity index (χ0v) is 19.7. The van der Waals surface area contributed by atoms with E-state index in [-0.39, 0.29) is 37.4 Å². The normalized spacial score (nSPS) is 29.6. The van der Waals surface area contributed by atoms with Crippen LogP contribution in [0.2, 0.25) is 0 Å². The molecule has 0 aromatic heterocycles. The number of rotatable bonds is 2. The molecule has 2 aliphatic heterocycles. The SMILES string of the molecule is C#CCN1[C@H]2c3ccccc3C[C@@H]2OS1(=O)=O.C#CCN1[C@H]2c3ccccc3C[C@H]2OS1(=O)=O. The Morgan fingerprint density at radius 3 is 1.50 bits per heavy atom. The summed E-state index contributed by atoms with van der Waals surface area (Å²) >= 11 is 0. The molecule has 2 aromatic carbocycles. The number of fused-ring (bicyclic) bond motifs is 6. The van der Waals surface area contributed by atoms with E-state index in [0.717, 1.165) is 22.3 Å². The molecule has 2 aromatic rings. The third-order valence-electron chi connectivity index (χ3n) is 6.47. The van der Waals surface area contributed by atoms with Crippen molar-refractivity contribution >= 4 is 20.6 Å². The standard InChI is InChI=1S/2C12H11NO3S/c2*1-2-7-13-12-10-6-4-3-5-9(10)8-11(12)16-17(13,14)15/h2*1,3-6,11-12H,7-8H2/t11-,12+;11-,12-/m10/s1. The van der Waals surface area contributed by atoms with Gasteiger partial charge in [-0.1, -0.05) is 60.4 Å². The maximum absolute atomic E-state index is 11.8. The van der Waals surface area contributed by atoms with Crippen LogP contribution in [0.15, 0.2) is 48.5 Å². The Balaban J connectivity index is 0.000000142. The van der Waals surface area contributed by atoms with Crippen LogP contribution in [0, 0.1) is 24.7 Å². The van der Waals surface area contributed by atoms with E-state index in [1.807, 2.05) is 48.5 Å². The van der Waals surface area contributed by atoms with Crippen LogP contribution < -0.4 is 0 Å². The van der Waals surface area contributed by atoms with Crippen molar-refractivity contribution in [3.63, 3.8) is 0 Å². The summed E-state index contributed by atoms with van der Waals surface area (Å²) in [5.41, 5.74) is 4.29. The number of nitrogens with zero attached hydrogens (tertiary/aromatic N) is 2. The van der Waals surface area contributed by atoms with Crippen molar-refractivity contribution in [3.05, 3.63) is 70.8 Å². The first-order valence-corrected chi connectivity index (χ1v) is 13.4. The van der Waals surface area contributed by atoms with Gasteiger partial charge in [0.1, 0.15) is 12.2 Å². The summed E-state index contributed by atoms with van der Waals surface area (Å²) < 4.78 is 59.9. The predicted octanol–water partition coefficient (Wildman–Crippen LogP) is 1.73. The Labute approximate surface area is 200 Å². The molecule has 2 aliphatic carbocycles. The molecule has 6 rings (SSSR count). The van der Waals surface area contributed by atoms with Gasteiger partial charge in [-0.2, -0.15) is 25.4 Å². The lowest BCUT2D eigenvalue weighted by atomic mass is 10.1. The molecule has 0 radical (unpaired) electrons. The van der Waals surface area contributed by atoms with Crippen LogP contribution in [-0.4, -0.2) is 50.7 Å². The Morgan fingerprint density at radius 2 is 1.12 bits per heavy atom. The van der Waals surface area contributed by atoms with Crippen LogP contribution in [0.5, 0.6) is 0 Å². The second-order valence-electron chi connectivity index (χ2n) is 8.38. The third-order valence-corrected chi connectivity index (χ3v) is 9.32. The average Bonchev–Trinajstić information content (AvgIpc) is 3.45. The van der Waals surface area contributed by atoms with Crippen LogP contribution in [0.4, 0.5) is 0 Å². The van der Waals surface area contributed by atoms with Crippen molar-refractivity contribution < 1.29 is 25.2 Å². The van der Waals surface area contributed by atoms with E-state index in [4.69, 9.17) is 21.2 Å². The largest absolute Gasteiger partial charge is 0.340 e. The Kier molecular flexibility index (Phi) is 5.77. The number of hydrogen-bond acceptors (Lipinski definition) is 6. The van der Waals surface area contributed by atoms with Crippen molar-refractivity contribution in [3.8, 4) is 24.7 Å². The van der Waals surface area contributed by atoms with Gasteiger partial charge in [-0.25, -0.2) is 0 Å². The van der Waals surface area contributed by atoms with Gasteiger partial charge in [0, 0.05) is 12.8 Å². The van der Waals surface area contributed by atoms with Crippen molar-refractivity contribution in [2.45, 2.75) is 37.1 Å². The van der Waals surface area contributed by atoms with Crippen LogP contribution in [-0.2, 0) is 41.8 Å². The van der Waals surface area contributed by atoms with Gasteiger partial charge < -0.3 is 0 Å². The summed E-state index contributed by atoms with van der Waals surface area (Å²) in [5, 5.41) is 0. The molecule has 2 saturated heterocycles. The molecule has 34 heavy (non-hydrogen) atoms. The van der Waals surface area contributed by atoms with E-state index >= 15 is 0 Å². The molecule has 0 spiro atoms.